The highest BCUT2D eigenvalue weighted by Crippen LogP contribution is 2.20. The van der Waals surface area contributed by atoms with E-state index in [1.165, 1.54) is 0 Å². The number of aryl methyl sites for hydroxylation is 1. The van der Waals surface area contributed by atoms with Crippen LogP contribution in [0.5, 0.6) is 5.75 Å². The molecule has 0 radical (unpaired) electrons. The van der Waals surface area contributed by atoms with E-state index in [4.69, 9.17) is 9.15 Å². The number of furan rings is 1. The van der Waals surface area contributed by atoms with E-state index in [-0.39, 0.29) is 5.91 Å². The van der Waals surface area contributed by atoms with Gasteiger partial charge in [-0.2, -0.15) is 0 Å². The van der Waals surface area contributed by atoms with Crippen molar-refractivity contribution < 1.29 is 13.9 Å². The maximum atomic E-state index is 12.5. The number of rotatable bonds is 4. The number of pyridine rings is 1. The van der Waals surface area contributed by atoms with Crippen LogP contribution in [-0.2, 0) is 6.54 Å². The predicted molar refractivity (Wildman–Crippen MR) is 87.5 cm³/mol. The fraction of sp³-hybridized carbons (Fsp3) is 0.222. The van der Waals surface area contributed by atoms with Crippen LogP contribution in [-0.4, -0.2) is 29.9 Å². The first-order valence-electron chi connectivity index (χ1n) is 7.32. The van der Waals surface area contributed by atoms with Crippen LogP contribution in [0.4, 0.5) is 0 Å². The topological polar surface area (TPSA) is 55.6 Å². The number of methoxy groups -OCH3 is 1. The van der Waals surface area contributed by atoms with Crippen LogP contribution in [0.2, 0.25) is 0 Å². The van der Waals surface area contributed by atoms with Crippen molar-refractivity contribution in [2.45, 2.75) is 13.5 Å². The summed E-state index contributed by atoms with van der Waals surface area (Å²) in [5.74, 6) is 2.21. The van der Waals surface area contributed by atoms with Crippen LogP contribution in [0, 0.1) is 6.92 Å². The third kappa shape index (κ3) is 3.18. The summed E-state index contributed by atoms with van der Waals surface area (Å²) >= 11 is 0. The molecule has 0 fully saturated rings. The minimum Gasteiger partial charge on any atom is -0.497 e. The van der Waals surface area contributed by atoms with Gasteiger partial charge in [-0.3, -0.25) is 4.79 Å². The van der Waals surface area contributed by atoms with E-state index in [2.05, 4.69) is 4.98 Å². The van der Waals surface area contributed by atoms with Crippen LogP contribution < -0.4 is 4.74 Å². The number of fused-ring (bicyclic) bond motifs is 1. The molecule has 5 heteroatoms. The zero-order chi connectivity index (χ0) is 16.4. The molecule has 1 amide bonds. The van der Waals surface area contributed by atoms with Gasteiger partial charge in [-0.1, -0.05) is 6.07 Å². The molecule has 0 saturated heterocycles. The van der Waals surface area contributed by atoms with Crippen molar-refractivity contribution in [3.8, 4) is 5.75 Å². The van der Waals surface area contributed by atoms with Crippen molar-refractivity contribution in [1.29, 1.82) is 0 Å². The third-order valence-electron chi connectivity index (χ3n) is 3.65. The van der Waals surface area contributed by atoms with Gasteiger partial charge >= 0.3 is 0 Å². The Kier molecular flexibility index (Phi) is 4.02. The fourth-order valence-electron chi connectivity index (χ4n) is 2.42. The van der Waals surface area contributed by atoms with Crippen molar-refractivity contribution in [2.24, 2.45) is 0 Å². The van der Waals surface area contributed by atoms with Crippen LogP contribution in [0.25, 0.3) is 10.9 Å². The zero-order valence-electron chi connectivity index (χ0n) is 13.4. The Balaban J connectivity index is 1.82. The van der Waals surface area contributed by atoms with Gasteiger partial charge in [-0.15, -0.1) is 0 Å². The number of aromatic nitrogens is 1. The SMILES string of the molecule is COc1ccc2nc(C(=O)N(C)Cc3ccc(C)o3)ccc2c1. The summed E-state index contributed by atoms with van der Waals surface area (Å²) in [5.41, 5.74) is 1.17. The number of nitrogens with zero attached hydrogens (tertiary/aromatic N) is 2. The van der Waals surface area contributed by atoms with Gasteiger partial charge < -0.3 is 14.1 Å². The lowest BCUT2D eigenvalue weighted by atomic mass is 10.2. The van der Waals surface area contributed by atoms with Gasteiger partial charge in [0.25, 0.3) is 5.91 Å². The molecule has 0 aliphatic rings. The largest absolute Gasteiger partial charge is 0.497 e. The Hall–Kier alpha value is -2.82. The summed E-state index contributed by atoms with van der Waals surface area (Å²) in [5, 5.41) is 0.935. The molecule has 0 atom stereocenters. The van der Waals surface area contributed by atoms with Gasteiger partial charge in [0.05, 0.1) is 19.2 Å². The van der Waals surface area contributed by atoms with E-state index in [0.29, 0.717) is 12.2 Å². The van der Waals surface area contributed by atoms with Crippen molar-refractivity contribution in [3.05, 3.63) is 59.7 Å². The first-order chi connectivity index (χ1) is 11.1. The molecule has 0 saturated carbocycles. The Bertz CT molecular complexity index is 854. The Morgan fingerprint density at radius 3 is 2.74 bits per heavy atom. The summed E-state index contributed by atoms with van der Waals surface area (Å²) in [4.78, 5) is 18.6. The predicted octanol–water partition coefficient (Wildman–Crippen LogP) is 3.42. The number of hydrogen-bond donors (Lipinski definition) is 0. The molecule has 5 nitrogen and oxygen atoms in total. The number of hydrogen-bond acceptors (Lipinski definition) is 4. The molecule has 0 spiro atoms. The average molecular weight is 310 g/mol. The third-order valence-corrected chi connectivity index (χ3v) is 3.65. The molecule has 23 heavy (non-hydrogen) atoms. The Morgan fingerprint density at radius 2 is 2.04 bits per heavy atom. The molecule has 3 rings (SSSR count). The van der Waals surface area contributed by atoms with E-state index in [1.807, 2.05) is 43.3 Å². The van der Waals surface area contributed by atoms with Crippen LogP contribution in [0.1, 0.15) is 22.0 Å². The average Bonchev–Trinajstić information content (AvgIpc) is 2.97. The van der Waals surface area contributed by atoms with Gasteiger partial charge in [-0.25, -0.2) is 4.98 Å². The highest BCUT2D eigenvalue weighted by molar-refractivity contribution is 5.94. The highest BCUT2D eigenvalue weighted by atomic mass is 16.5. The summed E-state index contributed by atoms with van der Waals surface area (Å²) < 4.78 is 10.7. The van der Waals surface area contributed by atoms with E-state index in [9.17, 15) is 4.79 Å². The summed E-state index contributed by atoms with van der Waals surface area (Å²) in [6, 6.07) is 12.9. The lowest BCUT2D eigenvalue weighted by Crippen LogP contribution is -2.26. The van der Waals surface area contributed by atoms with Crippen LogP contribution >= 0.6 is 0 Å². The maximum Gasteiger partial charge on any atom is 0.272 e. The van der Waals surface area contributed by atoms with Gasteiger partial charge in [0.2, 0.25) is 0 Å². The second-order valence-electron chi connectivity index (χ2n) is 5.43. The lowest BCUT2D eigenvalue weighted by molar-refractivity contribution is 0.0769. The molecule has 0 aliphatic carbocycles. The molecule has 2 heterocycles. The van der Waals surface area contributed by atoms with Crippen molar-refractivity contribution >= 4 is 16.8 Å². The minimum absolute atomic E-state index is 0.142. The van der Waals surface area contributed by atoms with E-state index in [0.717, 1.165) is 28.2 Å². The standard InChI is InChI=1S/C18H18N2O3/c1-12-4-6-15(23-12)11-20(2)18(21)17-8-5-13-10-14(22-3)7-9-16(13)19-17/h4-10H,11H2,1-3H3. The normalized spacial score (nSPS) is 10.7. The molecule has 0 aliphatic heterocycles. The lowest BCUT2D eigenvalue weighted by Gasteiger charge is -2.15. The summed E-state index contributed by atoms with van der Waals surface area (Å²) in [7, 11) is 3.36. The molecular weight excluding hydrogens is 292 g/mol. The smallest absolute Gasteiger partial charge is 0.272 e. The van der Waals surface area contributed by atoms with Crippen molar-refractivity contribution in [1.82, 2.24) is 9.88 Å². The molecule has 3 aromatic rings. The number of benzene rings is 1. The van der Waals surface area contributed by atoms with Gasteiger partial charge in [0.1, 0.15) is 23.0 Å². The number of carbonyl (C=O) groups is 1. The quantitative estimate of drug-likeness (QED) is 0.741. The van der Waals surface area contributed by atoms with E-state index < -0.39 is 0 Å². The van der Waals surface area contributed by atoms with Crippen LogP contribution in [0.3, 0.4) is 0 Å². The van der Waals surface area contributed by atoms with E-state index in [1.54, 1.807) is 25.1 Å². The first-order valence-corrected chi connectivity index (χ1v) is 7.32. The first kappa shape index (κ1) is 15.1. The minimum atomic E-state index is -0.142. The van der Waals surface area contributed by atoms with Crippen molar-refractivity contribution in [2.75, 3.05) is 14.2 Å². The monoisotopic (exact) mass is 310 g/mol. The van der Waals surface area contributed by atoms with Gasteiger partial charge in [0, 0.05) is 12.4 Å². The second kappa shape index (κ2) is 6.12. The molecule has 0 bridgehead atoms. The fourth-order valence-corrected chi connectivity index (χ4v) is 2.42. The highest BCUT2D eigenvalue weighted by Gasteiger charge is 2.15. The molecule has 118 valence electrons. The zero-order valence-corrected chi connectivity index (χ0v) is 13.4. The molecule has 0 N–H and O–H groups in total. The Labute approximate surface area is 134 Å². The molecule has 0 unspecified atom stereocenters. The van der Waals surface area contributed by atoms with E-state index >= 15 is 0 Å². The van der Waals surface area contributed by atoms with Gasteiger partial charge in [-0.05, 0) is 43.3 Å². The number of carbonyl (C=O) groups excluding carboxylic acids is 1. The van der Waals surface area contributed by atoms with Gasteiger partial charge in [0.15, 0.2) is 0 Å². The summed E-state index contributed by atoms with van der Waals surface area (Å²) in [6.07, 6.45) is 0. The second-order valence-corrected chi connectivity index (χ2v) is 5.43. The molecular formula is C18H18N2O3. The summed E-state index contributed by atoms with van der Waals surface area (Å²) in [6.45, 7) is 2.29. The molecule has 2 aromatic heterocycles. The van der Waals surface area contributed by atoms with Crippen molar-refractivity contribution in [3.63, 3.8) is 0 Å². The number of amides is 1. The molecule has 1 aromatic carbocycles. The maximum absolute atomic E-state index is 12.5. The number of ether oxygens (including phenoxy) is 1. The Morgan fingerprint density at radius 1 is 1.22 bits per heavy atom. The van der Waals surface area contributed by atoms with Crippen LogP contribution in [0.15, 0.2) is 46.9 Å².